The first-order valence-corrected chi connectivity index (χ1v) is 14.5. The Hall–Kier alpha value is -0.980. The van der Waals surface area contributed by atoms with Gasteiger partial charge in [-0.2, -0.15) is 0 Å². The van der Waals surface area contributed by atoms with Gasteiger partial charge in [0.15, 0.2) is 11.9 Å². The van der Waals surface area contributed by atoms with E-state index in [2.05, 4.69) is 20.8 Å². The number of rotatable bonds is 3. The lowest BCUT2D eigenvalue weighted by Gasteiger charge is -2.58. The van der Waals surface area contributed by atoms with Gasteiger partial charge in [-0.25, -0.2) is 0 Å². The first-order chi connectivity index (χ1) is 16.7. The molecule has 36 heavy (non-hydrogen) atoms. The molecule has 0 amide bonds. The summed E-state index contributed by atoms with van der Waals surface area (Å²) in [6.07, 6.45) is 7.31. The van der Waals surface area contributed by atoms with Gasteiger partial charge >= 0.3 is 5.97 Å². The van der Waals surface area contributed by atoms with Crippen LogP contribution in [0.25, 0.3) is 0 Å². The van der Waals surface area contributed by atoms with Gasteiger partial charge in [0.25, 0.3) is 0 Å². The van der Waals surface area contributed by atoms with E-state index in [1.54, 1.807) is 13.8 Å². The van der Waals surface area contributed by atoms with Gasteiger partial charge in [-0.05, 0) is 111 Å². The first kappa shape index (κ1) is 25.3. The molecule has 6 aliphatic rings. The van der Waals surface area contributed by atoms with Gasteiger partial charge in [0, 0.05) is 12.8 Å². The van der Waals surface area contributed by atoms with Gasteiger partial charge in [-0.3, -0.25) is 9.59 Å². The number of fused-ring (bicyclic) bond motifs is 4. The average molecular weight is 503 g/mol. The molecule has 0 radical (unpaired) electrons. The van der Waals surface area contributed by atoms with E-state index in [4.69, 9.17) is 9.47 Å². The van der Waals surface area contributed by atoms with Crippen LogP contribution >= 0.6 is 0 Å². The zero-order chi connectivity index (χ0) is 26.1. The lowest BCUT2D eigenvalue weighted by Crippen LogP contribution is -2.55. The Kier molecular flexibility index (Phi) is 5.32. The van der Waals surface area contributed by atoms with Crippen LogP contribution in [-0.4, -0.2) is 52.0 Å². The Bertz CT molecular complexity index is 967. The second kappa shape index (κ2) is 7.57. The topological polar surface area (TPSA) is 93.1 Å². The Morgan fingerprint density at radius 1 is 1.03 bits per heavy atom. The average Bonchev–Trinajstić information content (AvgIpc) is 3.40. The van der Waals surface area contributed by atoms with Crippen LogP contribution in [0.2, 0.25) is 0 Å². The number of Topliss-reactive ketones (excluding diaryl/α,β-unsaturated/α-hetero) is 1. The fourth-order valence-corrected chi connectivity index (χ4v) is 11.1. The standard InChI is InChI=1S/C30H46O6/c1-16(31)35-25(27(4,5)34)19-9-7-18-24(36-19)23(33)22-17-8-10-20-26(2,3)21(32)11-12-30(20)15-29(17,30)14-13-28(18,22)6/h17-22,24-25,32,34H,7-15H2,1-6H3. The molecule has 0 bridgehead atoms. The summed E-state index contributed by atoms with van der Waals surface area (Å²) < 4.78 is 12.1. The molecule has 6 fully saturated rings. The van der Waals surface area contributed by atoms with Crippen LogP contribution in [0.1, 0.15) is 99.3 Å². The zero-order valence-electron chi connectivity index (χ0n) is 23.0. The predicted octanol–water partition coefficient (Wildman–Crippen LogP) is 4.44. The van der Waals surface area contributed by atoms with E-state index in [0.29, 0.717) is 23.7 Å². The summed E-state index contributed by atoms with van der Waals surface area (Å²) in [5, 5.41) is 21.6. The first-order valence-electron chi connectivity index (χ1n) is 14.5. The van der Waals surface area contributed by atoms with Crippen molar-refractivity contribution in [3.05, 3.63) is 0 Å². The SMILES string of the molecule is CC(=O)OC(C1CCC2C(O1)C(=O)C1C3CCC4C(C)(C)C(O)CCC45CC35CCC21C)C(C)(C)O. The van der Waals surface area contributed by atoms with E-state index in [1.165, 1.54) is 19.8 Å². The number of ketones is 1. The summed E-state index contributed by atoms with van der Waals surface area (Å²) in [5.74, 6) is 1.01. The molecule has 11 unspecified atom stereocenters. The van der Waals surface area contributed by atoms with Crippen molar-refractivity contribution in [2.45, 2.75) is 129 Å². The predicted molar refractivity (Wildman–Crippen MR) is 134 cm³/mol. The lowest BCUT2D eigenvalue weighted by atomic mass is 9.46. The second-order valence-electron chi connectivity index (χ2n) is 14.9. The van der Waals surface area contributed by atoms with E-state index < -0.39 is 29.9 Å². The van der Waals surface area contributed by atoms with E-state index in [-0.39, 0.29) is 40.0 Å². The van der Waals surface area contributed by atoms with Crippen LogP contribution in [0.3, 0.4) is 0 Å². The number of aliphatic hydroxyl groups excluding tert-OH is 1. The summed E-state index contributed by atoms with van der Waals surface area (Å²) in [7, 11) is 0. The van der Waals surface area contributed by atoms with Crippen molar-refractivity contribution >= 4 is 11.8 Å². The maximum atomic E-state index is 14.2. The van der Waals surface area contributed by atoms with E-state index >= 15 is 0 Å². The highest BCUT2D eigenvalue weighted by Gasteiger charge is 2.81. The third-order valence-electron chi connectivity index (χ3n) is 12.7. The zero-order valence-corrected chi connectivity index (χ0v) is 23.0. The number of esters is 1. The van der Waals surface area contributed by atoms with Crippen molar-refractivity contribution in [3.8, 4) is 0 Å². The fourth-order valence-electron chi connectivity index (χ4n) is 11.1. The quantitative estimate of drug-likeness (QED) is 0.555. The molecular formula is C30H46O6. The van der Waals surface area contributed by atoms with Crippen LogP contribution in [0.5, 0.6) is 0 Å². The molecule has 2 spiro atoms. The van der Waals surface area contributed by atoms with Crippen molar-refractivity contribution in [3.63, 3.8) is 0 Å². The van der Waals surface area contributed by atoms with Gasteiger partial charge in [0.05, 0.1) is 17.8 Å². The van der Waals surface area contributed by atoms with Crippen LogP contribution in [-0.2, 0) is 19.1 Å². The fraction of sp³-hybridized carbons (Fsp3) is 0.933. The number of aliphatic hydroxyl groups is 2. The summed E-state index contributed by atoms with van der Waals surface area (Å²) in [6.45, 7) is 11.5. The highest BCUT2D eigenvalue weighted by molar-refractivity contribution is 5.90. The molecule has 2 N–H and O–H groups in total. The Balaban J connectivity index is 1.28. The molecule has 6 nitrogen and oxygen atoms in total. The minimum Gasteiger partial charge on any atom is -0.457 e. The van der Waals surface area contributed by atoms with Gasteiger partial charge in [0.1, 0.15) is 6.10 Å². The maximum absolute atomic E-state index is 14.2. The van der Waals surface area contributed by atoms with Crippen LogP contribution in [0, 0.1) is 45.3 Å². The van der Waals surface area contributed by atoms with Crippen LogP contribution < -0.4 is 0 Å². The van der Waals surface area contributed by atoms with E-state index in [9.17, 15) is 19.8 Å². The lowest BCUT2D eigenvalue weighted by molar-refractivity contribution is -0.200. The molecule has 202 valence electrons. The molecule has 1 heterocycles. The van der Waals surface area contributed by atoms with E-state index in [1.807, 2.05) is 0 Å². The molecule has 0 aromatic carbocycles. The van der Waals surface area contributed by atoms with E-state index in [0.717, 1.165) is 38.5 Å². The minimum absolute atomic E-state index is 0.0320. The largest absolute Gasteiger partial charge is 0.457 e. The van der Waals surface area contributed by atoms with Crippen molar-refractivity contribution in [1.82, 2.24) is 0 Å². The normalized spacial score (nSPS) is 51.7. The smallest absolute Gasteiger partial charge is 0.303 e. The van der Waals surface area contributed by atoms with Crippen molar-refractivity contribution in [2.24, 2.45) is 45.3 Å². The molecule has 1 saturated heterocycles. The summed E-state index contributed by atoms with van der Waals surface area (Å²) >= 11 is 0. The Labute approximate surface area is 215 Å². The molecule has 11 atom stereocenters. The van der Waals surface area contributed by atoms with Crippen LogP contribution in [0.15, 0.2) is 0 Å². The highest BCUT2D eigenvalue weighted by atomic mass is 16.6. The molecule has 5 aliphatic carbocycles. The monoisotopic (exact) mass is 502 g/mol. The van der Waals surface area contributed by atoms with Gasteiger partial charge in [0.2, 0.25) is 0 Å². The molecule has 5 saturated carbocycles. The number of carbonyl (C=O) groups is 2. The maximum Gasteiger partial charge on any atom is 0.303 e. The molecule has 6 heteroatoms. The summed E-state index contributed by atoms with van der Waals surface area (Å²) in [6, 6.07) is 0. The van der Waals surface area contributed by atoms with Gasteiger partial charge in [-0.15, -0.1) is 0 Å². The van der Waals surface area contributed by atoms with Crippen LogP contribution in [0.4, 0.5) is 0 Å². The molecule has 0 aromatic heterocycles. The number of carbonyl (C=O) groups excluding carboxylic acids is 2. The van der Waals surface area contributed by atoms with Gasteiger partial charge < -0.3 is 19.7 Å². The second-order valence-corrected chi connectivity index (χ2v) is 14.9. The summed E-state index contributed by atoms with van der Waals surface area (Å²) in [4.78, 5) is 26.0. The number of hydrogen-bond donors (Lipinski definition) is 2. The third-order valence-corrected chi connectivity index (χ3v) is 12.7. The molecule has 1 aliphatic heterocycles. The Morgan fingerprint density at radius 2 is 1.72 bits per heavy atom. The minimum atomic E-state index is -1.25. The number of hydrogen-bond acceptors (Lipinski definition) is 6. The third kappa shape index (κ3) is 3.07. The van der Waals surface area contributed by atoms with Crippen molar-refractivity contribution < 1.29 is 29.3 Å². The van der Waals surface area contributed by atoms with Crippen molar-refractivity contribution in [1.29, 1.82) is 0 Å². The van der Waals surface area contributed by atoms with Gasteiger partial charge in [-0.1, -0.05) is 20.8 Å². The van der Waals surface area contributed by atoms with Crippen molar-refractivity contribution in [2.75, 3.05) is 0 Å². The molecule has 6 rings (SSSR count). The molecular weight excluding hydrogens is 456 g/mol. The highest BCUT2D eigenvalue weighted by Crippen LogP contribution is 2.86. The number of ether oxygens (including phenoxy) is 2. The molecule has 0 aromatic rings. The summed E-state index contributed by atoms with van der Waals surface area (Å²) in [5.41, 5.74) is -0.788. The Morgan fingerprint density at radius 3 is 2.39 bits per heavy atom.